The third kappa shape index (κ3) is 4.24. The summed E-state index contributed by atoms with van der Waals surface area (Å²) in [5, 5.41) is 20.6. The lowest BCUT2D eigenvalue weighted by molar-refractivity contribution is -0.123. The number of benzene rings is 2. The molecular weight excluding hydrogens is 392 g/mol. The van der Waals surface area contributed by atoms with E-state index in [1.807, 2.05) is 59.3 Å². The molecule has 0 atom stereocenters. The molecule has 4 rings (SSSR count). The number of nitrogens with zero attached hydrogens (tertiary/aromatic N) is 2. The summed E-state index contributed by atoms with van der Waals surface area (Å²) in [6.07, 6.45) is 0.218. The van der Waals surface area contributed by atoms with Crippen LogP contribution in [0.25, 0.3) is 21.3 Å². The largest absolute Gasteiger partial charge is 0.347 e. The maximum atomic E-state index is 12.3. The van der Waals surface area contributed by atoms with Gasteiger partial charge in [0.05, 0.1) is 13.0 Å². The Morgan fingerprint density at radius 2 is 1.82 bits per heavy atom. The molecule has 0 fully saturated rings. The van der Waals surface area contributed by atoms with Crippen LogP contribution in [0.3, 0.4) is 0 Å². The van der Waals surface area contributed by atoms with Gasteiger partial charge >= 0.3 is 0 Å². The molecule has 0 saturated carbocycles. The van der Waals surface area contributed by atoms with Crippen molar-refractivity contribution in [2.45, 2.75) is 6.42 Å². The highest BCUT2D eigenvalue weighted by Gasteiger charge is 2.12. The quantitative estimate of drug-likeness (QED) is 0.509. The van der Waals surface area contributed by atoms with Crippen molar-refractivity contribution in [3.8, 4) is 10.6 Å². The Morgan fingerprint density at radius 1 is 0.964 bits per heavy atom. The molecular formula is C20H16N4O2S2. The van der Waals surface area contributed by atoms with Crippen LogP contribution in [0.15, 0.2) is 59.3 Å². The van der Waals surface area contributed by atoms with E-state index in [4.69, 9.17) is 0 Å². The summed E-state index contributed by atoms with van der Waals surface area (Å²) in [7, 11) is 0. The highest BCUT2D eigenvalue weighted by Crippen LogP contribution is 2.27. The van der Waals surface area contributed by atoms with Crippen LogP contribution in [0.4, 0.5) is 5.13 Å². The fourth-order valence-corrected chi connectivity index (χ4v) is 4.27. The van der Waals surface area contributed by atoms with Crippen LogP contribution in [-0.4, -0.2) is 28.6 Å². The van der Waals surface area contributed by atoms with Crippen molar-refractivity contribution in [3.63, 3.8) is 0 Å². The van der Waals surface area contributed by atoms with Gasteiger partial charge in [0.1, 0.15) is 5.01 Å². The molecule has 0 unspecified atom stereocenters. The minimum absolute atomic E-state index is 0.114. The van der Waals surface area contributed by atoms with Crippen LogP contribution in [0.2, 0.25) is 0 Å². The van der Waals surface area contributed by atoms with Crippen molar-refractivity contribution in [1.82, 2.24) is 15.5 Å². The van der Waals surface area contributed by atoms with Gasteiger partial charge in [-0.1, -0.05) is 53.8 Å². The second-order valence-electron chi connectivity index (χ2n) is 6.06. The van der Waals surface area contributed by atoms with E-state index in [0.29, 0.717) is 5.13 Å². The van der Waals surface area contributed by atoms with Gasteiger partial charge in [-0.05, 0) is 27.8 Å². The van der Waals surface area contributed by atoms with Crippen LogP contribution >= 0.6 is 22.7 Å². The minimum Gasteiger partial charge on any atom is -0.347 e. The topological polar surface area (TPSA) is 84.0 Å². The molecule has 0 spiro atoms. The van der Waals surface area contributed by atoms with Crippen molar-refractivity contribution < 1.29 is 9.59 Å². The van der Waals surface area contributed by atoms with Crippen LogP contribution in [-0.2, 0) is 16.0 Å². The van der Waals surface area contributed by atoms with Crippen molar-refractivity contribution in [3.05, 3.63) is 64.9 Å². The summed E-state index contributed by atoms with van der Waals surface area (Å²) >= 11 is 2.87. The normalized spacial score (nSPS) is 10.7. The summed E-state index contributed by atoms with van der Waals surface area (Å²) in [6, 6.07) is 15.7. The standard InChI is InChI=1S/C20H16N4O2S2/c25-17(10-14-6-3-5-13-4-1-2-7-16(13)14)21-11-18(26)22-20-24-23-19(28-20)15-8-9-27-12-15/h1-9,12H,10-11H2,(H,21,25)(H,22,24,26). The van der Waals surface area contributed by atoms with Crippen molar-refractivity contribution in [2.75, 3.05) is 11.9 Å². The van der Waals surface area contributed by atoms with E-state index < -0.39 is 0 Å². The monoisotopic (exact) mass is 408 g/mol. The van der Waals surface area contributed by atoms with Gasteiger partial charge in [-0.15, -0.1) is 10.2 Å². The number of anilines is 1. The number of carbonyl (C=O) groups excluding carboxylic acids is 2. The third-order valence-corrected chi connectivity index (χ3v) is 5.69. The Labute approximate surface area is 169 Å². The molecule has 6 nitrogen and oxygen atoms in total. The number of fused-ring (bicyclic) bond motifs is 1. The highest BCUT2D eigenvalue weighted by molar-refractivity contribution is 7.19. The Kier molecular flexibility index (Phi) is 5.41. The molecule has 8 heteroatoms. The lowest BCUT2D eigenvalue weighted by atomic mass is 10.0. The number of amides is 2. The summed E-state index contributed by atoms with van der Waals surface area (Å²) in [4.78, 5) is 24.3. The molecule has 2 aromatic carbocycles. The van der Waals surface area contributed by atoms with Crippen LogP contribution < -0.4 is 10.6 Å². The predicted octanol–water partition coefficient (Wildman–Crippen LogP) is 3.72. The van der Waals surface area contributed by atoms with Gasteiger partial charge in [-0.3, -0.25) is 14.9 Å². The fraction of sp³-hybridized carbons (Fsp3) is 0.100. The van der Waals surface area contributed by atoms with Crippen LogP contribution in [0.5, 0.6) is 0 Å². The lowest BCUT2D eigenvalue weighted by Crippen LogP contribution is -2.33. The molecule has 2 heterocycles. The molecule has 0 aliphatic heterocycles. The van der Waals surface area contributed by atoms with E-state index >= 15 is 0 Å². The van der Waals surface area contributed by atoms with Crippen molar-refractivity contribution in [2.24, 2.45) is 0 Å². The Hall–Kier alpha value is -3.10. The van der Waals surface area contributed by atoms with Crippen molar-refractivity contribution in [1.29, 1.82) is 0 Å². The molecule has 0 bridgehead atoms. The van der Waals surface area contributed by atoms with Gasteiger partial charge in [-0.2, -0.15) is 11.3 Å². The van der Waals surface area contributed by atoms with E-state index in [1.54, 1.807) is 11.3 Å². The van der Waals surface area contributed by atoms with Gasteiger partial charge in [0.25, 0.3) is 0 Å². The van der Waals surface area contributed by atoms with Crippen LogP contribution in [0.1, 0.15) is 5.56 Å². The second kappa shape index (κ2) is 8.28. The van der Waals surface area contributed by atoms with Gasteiger partial charge in [0, 0.05) is 10.9 Å². The van der Waals surface area contributed by atoms with Crippen molar-refractivity contribution >= 4 is 50.4 Å². The van der Waals surface area contributed by atoms with E-state index in [2.05, 4.69) is 20.8 Å². The first-order valence-electron chi connectivity index (χ1n) is 8.58. The van der Waals surface area contributed by atoms with E-state index in [-0.39, 0.29) is 24.8 Å². The average Bonchev–Trinajstić information content (AvgIpc) is 3.38. The van der Waals surface area contributed by atoms with Gasteiger partial charge < -0.3 is 5.32 Å². The zero-order chi connectivity index (χ0) is 19.3. The number of aromatic nitrogens is 2. The Morgan fingerprint density at radius 3 is 2.68 bits per heavy atom. The number of thiophene rings is 1. The van der Waals surface area contributed by atoms with E-state index in [0.717, 1.165) is 26.9 Å². The summed E-state index contributed by atoms with van der Waals surface area (Å²) < 4.78 is 0. The summed E-state index contributed by atoms with van der Waals surface area (Å²) in [5.74, 6) is -0.540. The maximum Gasteiger partial charge on any atom is 0.245 e. The average molecular weight is 409 g/mol. The molecule has 0 aliphatic rings. The van der Waals surface area contributed by atoms with Gasteiger partial charge in [0.2, 0.25) is 16.9 Å². The minimum atomic E-state index is -0.334. The molecule has 0 aliphatic carbocycles. The molecule has 4 aromatic rings. The van der Waals surface area contributed by atoms with Gasteiger partial charge in [0.15, 0.2) is 0 Å². The number of hydrogen-bond donors (Lipinski definition) is 2. The zero-order valence-corrected chi connectivity index (χ0v) is 16.3. The first-order valence-corrected chi connectivity index (χ1v) is 10.3. The molecule has 0 radical (unpaired) electrons. The molecule has 2 amide bonds. The smallest absolute Gasteiger partial charge is 0.245 e. The predicted molar refractivity (Wildman–Crippen MR) is 113 cm³/mol. The number of rotatable bonds is 6. The lowest BCUT2D eigenvalue weighted by Gasteiger charge is -2.07. The first kappa shape index (κ1) is 18.3. The number of carbonyl (C=O) groups is 2. The van der Waals surface area contributed by atoms with Gasteiger partial charge in [-0.25, -0.2) is 0 Å². The highest BCUT2D eigenvalue weighted by atomic mass is 32.1. The van der Waals surface area contributed by atoms with E-state index in [9.17, 15) is 9.59 Å². The maximum absolute atomic E-state index is 12.3. The number of hydrogen-bond acceptors (Lipinski definition) is 6. The molecule has 2 aromatic heterocycles. The van der Waals surface area contributed by atoms with Crippen LogP contribution in [0, 0.1) is 0 Å². The fourth-order valence-electron chi connectivity index (χ4n) is 2.80. The molecule has 2 N–H and O–H groups in total. The number of nitrogens with one attached hydrogen (secondary N) is 2. The Bertz CT molecular complexity index is 1120. The molecule has 0 saturated heterocycles. The zero-order valence-electron chi connectivity index (χ0n) is 14.7. The Balaban J connectivity index is 1.31. The van der Waals surface area contributed by atoms with E-state index in [1.165, 1.54) is 11.3 Å². The first-order chi connectivity index (χ1) is 13.7. The summed E-state index contributed by atoms with van der Waals surface area (Å²) in [6.45, 7) is -0.114. The molecule has 28 heavy (non-hydrogen) atoms. The third-order valence-electron chi connectivity index (χ3n) is 4.12. The SMILES string of the molecule is O=C(Cc1cccc2ccccc12)NCC(=O)Nc1nnc(-c2ccsc2)s1. The molecule has 140 valence electrons. The second-order valence-corrected chi connectivity index (χ2v) is 7.82. The summed E-state index contributed by atoms with van der Waals surface area (Å²) in [5.41, 5.74) is 1.91.